The highest BCUT2D eigenvalue weighted by molar-refractivity contribution is 6.31. The molecule has 0 unspecified atom stereocenters. The maximum Gasteiger partial charge on any atom is 0.258 e. The lowest BCUT2D eigenvalue weighted by Gasteiger charge is -2.17. The van der Waals surface area contributed by atoms with Crippen molar-refractivity contribution in [1.82, 2.24) is 0 Å². The molecule has 1 aliphatic rings. The number of benzene rings is 3. The average molecular weight is 388 g/mol. The van der Waals surface area contributed by atoms with Gasteiger partial charge in [-0.1, -0.05) is 41.9 Å². The third kappa shape index (κ3) is 3.22. The maximum atomic E-state index is 13.0. The van der Waals surface area contributed by atoms with Crippen LogP contribution in [0.25, 0.3) is 11.6 Å². The molecular weight excluding hydrogens is 370 g/mol. The van der Waals surface area contributed by atoms with E-state index in [1.165, 1.54) is 0 Å². The number of halogens is 1. The maximum absolute atomic E-state index is 13.0. The van der Waals surface area contributed by atoms with Crippen LogP contribution in [0.1, 0.15) is 27.0 Å². The van der Waals surface area contributed by atoms with Gasteiger partial charge in [-0.2, -0.15) is 0 Å². The van der Waals surface area contributed by atoms with Crippen LogP contribution in [0.15, 0.2) is 72.5 Å². The van der Waals surface area contributed by atoms with Gasteiger partial charge in [-0.15, -0.1) is 5.73 Å². The molecule has 138 valence electrons. The topological polar surface area (TPSA) is 29.5 Å². The summed E-state index contributed by atoms with van der Waals surface area (Å²) in [6, 6.07) is 20.9. The zero-order valence-electron chi connectivity index (χ0n) is 15.6. The third-order valence-corrected chi connectivity index (χ3v) is 5.03. The number of fused-ring (bicyclic) bond motifs is 2. The first-order valence-corrected chi connectivity index (χ1v) is 9.24. The van der Waals surface area contributed by atoms with E-state index in [9.17, 15) is 4.79 Å². The molecule has 0 N–H and O–H groups in total. The SMILES string of the molecule is COc1cccc(C=C=C2c3ccccc3C(=O)N(C)c3ccc(Cl)cc32)c1. The van der Waals surface area contributed by atoms with Crippen molar-refractivity contribution in [1.29, 1.82) is 0 Å². The molecule has 3 nitrogen and oxygen atoms in total. The Labute approximate surface area is 169 Å². The Morgan fingerprint density at radius 2 is 1.75 bits per heavy atom. The Bertz CT molecular complexity index is 1140. The van der Waals surface area contributed by atoms with Gasteiger partial charge >= 0.3 is 0 Å². The van der Waals surface area contributed by atoms with Gasteiger partial charge < -0.3 is 9.64 Å². The minimum absolute atomic E-state index is 0.0580. The van der Waals surface area contributed by atoms with Crippen molar-refractivity contribution in [3.8, 4) is 5.75 Å². The molecule has 28 heavy (non-hydrogen) atoms. The van der Waals surface area contributed by atoms with Crippen molar-refractivity contribution in [2.45, 2.75) is 0 Å². The van der Waals surface area contributed by atoms with E-state index in [1.807, 2.05) is 66.7 Å². The third-order valence-electron chi connectivity index (χ3n) is 4.80. The number of methoxy groups -OCH3 is 1. The molecule has 0 saturated heterocycles. The highest BCUT2D eigenvalue weighted by atomic mass is 35.5. The van der Waals surface area contributed by atoms with Crippen LogP contribution in [0, 0.1) is 0 Å². The molecule has 4 heteroatoms. The lowest BCUT2D eigenvalue weighted by molar-refractivity contribution is 0.0993. The van der Waals surface area contributed by atoms with Crippen LogP contribution in [-0.4, -0.2) is 20.1 Å². The second-order valence-electron chi connectivity index (χ2n) is 6.51. The molecule has 0 radical (unpaired) electrons. The quantitative estimate of drug-likeness (QED) is 0.529. The summed E-state index contributed by atoms with van der Waals surface area (Å²) >= 11 is 6.29. The number of nitrogens with zero attached hydrogens (tertiary/aromatic N) is 1. The number of hydrogen-bond donors (Lipinski definition) is 0. The van der Waals surface area contributed by atoms with Gasteiger partial charge in [0.15, 0.2) is 0 Å². The minimum atomic E-state index is -0.0580. The zero-order valence-corrected chi connectivity index (χ0v) is 16.3. The van der Waals surface area contributed by atoms with Crippen LogP contribution in [-0.2, 0) is 0 Å². The van der Waals surface area contributed by atoms with Gasteiger partial charge in [-0.05, 0) is 48.0 Å². The molecule has 0 aromatic heterocycles. The van der Waals surface area contributed by atoms with E-state index >= 15 is 0 Å². The summed E-state index contributed by atoms with van der Waals surface area (Å²) in [5, 5.41) is 0.611. The van der Waals surface area contributed by atoms with Crippen LogP contribution < -0.4 is 9.64 Å². The first-order valence-electron chi connectivity index (χ1n) is 8.86. The van der Waals surface area contributed by atoms with Crippen molar-refractivity contribution in [2.24, 2.45) is 0 Å². The Morgan fingerprint density at radius 3 is 2.54 bits per heavy atom. The van der Waals surface area contributed by atoms with Gasteiger partial charge in [0.05, 0.1) is 12.8 Å². The van der Waals surface area contributed by atoms with Gasteiger partial charge in [-0.25, -0.2) is 0 Å². The van der Waals surface area contributed by atoms with E-state index in [-0.39, 0.29) is 5.91 Å². The van der Waals surface area contributed by atoms with E-state index < -0.39 is 0 Å². The first kappa shape index (κ1) is 18.1. The number of rotatable bonds is 2. The number of amides is 1. The molecular formula is C24H18ClNO2. The zero-order chi connectivity index (χ0) is 19.7. The van der Waals surface area contributed by atoms with Crippen LogP contribution in [0.5, 0.6) is 5.75 Å². The molecule has 3 aromatic rings. The van der Waals surface area contributed by atoms with Gasteiger partial charge in [0.1, 0.15) is 5.75 Å². The van der Waals surface area contributed by atoms with E-state index in [0.717, 1.165) is 33.7 Å². The van der Waals surface area contributed by atoms with E-state index in [4.69, 9.17) is 16.3 Å². The van der Waals surface area contributed by atoms with Gasteiger partial charge in [-0.3, -0.25) is 4.79 Å². The molecule has 0 atom stereocenters. The fourth-order valence-corrected chi connectivity index (χ4v) is 3.54. The Balaban J connectivity index is 2.01. The molecule has 1 aliphatic heterocycles. The highest BCUT2D eigenvalue weighted by Gasteiger charge is 2.27. The van der Waals surface area contributed by atoms with Crippen molar-refractivity contribution in [3.63, 3.8) is 0 Å². The summed E-state index contributed by atoms with van der Waals surface area (Å²) in [5.74, 6) is 0.720. The van der Waals surface area contributed by atoms with Crippen LogP contribution in [0.2, 0.25) is 5.02 Å². The summed E-state index contributed by atoms with van der Waals surface area (Å²) in [5.41, 5.74) is 8.33. The summed E-state index contributed by atoms with van der Waals surface area (Å²) in [4.78, 5) is 14.7. The van der Waals surface area contributed by atoms with E-state index in [0.29, 0.717) is 10.6 Å². The normalized spacial score (nSPS) is 12.6. The van der Waals surface area contributed by atoms with Crippen LogP contribution in [0.4, 0.5) is 5.69 Å². The van der Waals surface area contributed by atoms with Crippen molar-refractivity contribution >= 4 is 34.8 Å². The Kier molecular flexibility index (Phi) is 4.79. The molecule has 1 heterocycles. The number of anilines is 1. The average Bonchev–Trinajstić information content (AvgIpc) is 2.81. The van der Waals surface area contributed by atoms with E-state index in [2.05, 4.69) is 5.73 Å². The predicted molar refractivity (Wildman–Crippen MR) is 114 cm³/mol. The fraction of sp³-hybridized carbons (Fsp3) is 0.0833. The lowest BCUT2D eigenvalue weighted by Crippen LogP contribution is -2.26. The van der Waals surface area contributed by atoms with Crippen molar-refractivity contribution < 1.29 is 9.53 Å². The van der Waals surface area contributed by atoms with Gasteiger partial charge in [0, 0.05) is 34.3 Å². The molecule has 0 spiro atoms. The first-order chi connectivity index (χ1) is 13.6. The largest absolute Gasteiger partial charge is 0.497 e. The molecule has 4 rings (SSSR count). The number of carbonyl (C=O) groups is 1. The smallest absolute Gasteiger partial charge is 0.258 e. The molecule has 3 aromatic carbocycles. The summed E-state index contributed by atoms with van der Waals surface area (Å²) < 4.78 is 5.30. The second-order valence-corrected chi connectivity index (χ2v) is 6.95. The van der Waals surface area contributed by atoms with Gasteiger partial charge in [0.2, 0.25) is 0 Å². The minimum Gasteiger partial charge on any atom is -0.497 e. The van der Waals surface area contributed by atoms with Crippen LogP contribution >= 0.6 is 11.6 Å². The standard InChI is InChI=1S/C24H18ClNO2/c1-26-23-13-11-17(25)15-22(23)20(19-8-3-4-9-21(19)24(26)27)12-10-16-6-5-7-18(14-16)28-2/h3-11,13-15H,1-2H3. The summed E-state index contributed by atoms with van der Waals surface area (Å²) in [7, 11) is 3.42. The predicted octanol–water partition coefficient (Wildman–Crippen LogP) is 5.68. The Morgan fingerprint density at radius 1 is 0.964 bits per heavy atom. The summed E-state index contributed by atoms with van der Waals surface area (Å²) in [6.45, 7) is 0. The van der Waals surface area contributed by atoms with Gasteiger partial charge in [0.25, 0.3) is 5.91 Å². The number of hydrogen-bond acceptors (Lipinski definition) is 2. The Hall–Kier alpha value is -3.26. The second kappa shape index (κ2) is 7.40. The molecule has 0 saturated carbocycles. The number of ether oxygens (including phenoxy) is 1. The van der Waals surface area contributed by atoms with E-state index in [1.54, 1.807) is 25.1 Å². The number of carbonyl (C=O) groups excluding carboxylic acids is 1. The molecule has 0 bridgehead atoms. The summed E-state index contributed by atoms with van der Waals surface area (Å²) in [6.07, 6.45) is 1.90. The highest BCUT2D eigenvalue weighted by Crippen LogP contribution is 2.38. The van der Waals surface area contributed by atoms with Crippen molar-refractivity contribution in [2.75, 3.05) is 19.1 Å². The monoisotopic (exact) mass is 387 g/mol. The molecule has 1 amide bonds. The molecule has 0 fully saturated rings. The van der Waals surface area contributed by atoms with Crippen molar-refractivity contribution in [3.05, 3.63) is 99.7 Å². The fourth-order valence-electron chi connectivity index (χ4n) is 3.37. The lowest BCUT2D eigenvalue weighted by atomic mass is 9.94. The van der Waals surface area contributed by atoms with Crippen LogP contribution in [0.3, 0.4) is 0 Å². The molecule has 0 aliphatic carbocycles.